The molecule has 152 valence electrons. The first-order valence-electron chi connectivity index (χ1n) is 9.71. The minimum absolute atomic E-state index is 0.00412. The molecule has 0 unspecified atom stereocenters. The van der Waals surface area contributed by atoms with Gasteiger partial charge in [-0.05, 0) is 31.9 Å². The zero-order valence-corrected chi connectivity index (χ0v) is 16.5. The lowest BCUT2D eigenvalue weighted by atomic mass is 10.0. The van der Waals surface area contributed by atoms with Crippen LogP contribution in [-0.4, -0.2) is 85.0 Å². The second-order valence-electron chi connectivity index (χ2n) is 7.30. The van der Waals surface area contributed by atoms with Crippen molar-refractivity contribution in [2.75, 3.05) is 51.8 Å². The Morgan fingerprint density at radius 3 is 2.39 bits per heavy atom. The summed E-state index contributed by atoms with van der Waals surface area (Å²) < 4.78 is 4.99. The molecule has 1 aromatic rings. The predicted molar refractivity (Wildman–Crippen MR) is 105 cm³/mol. The van der Waals surface area contributed by atoms with E-state index in [0.29, 0.717) is 52.2 Å². The number of piperazine rings is 1. The number of nitrogens with zero attached hydrogens (tertiary/aromatic N) is 3. The van der Waals surface area contributed by atoms with E-state index < -0.39 is 11.8 Å². The van der Waals surface area contributed by atoms with Gasteiger partial charge in [-0.15, -0.1) is 0 Å². The second-order valence-corrected chi connectivity index (χ2v) is 7.30. The molecule has 0 radical (unpaired) electrons. The Morgan fingerprint density at radius 2 is 1.75 bits per heavy atom. The van der Waals surface area contributed by atoms with Crippen molar-refractivity contribution >= 4 is 23.5 Å². The summed E-state index contributed by atoms with van der Waals surface area (Å²) in [7, 11) is 1.57. The first kappa shape index (κ1) is 20.1. The molecule has 2 heterocycles. The van der Waals surface area contributed by atoms with Crippen molar-refractivity contribution in [3.63, 3.8) is 0 Å². The number of benzene rings is 1. The van der Waals surface area contributed by atoms with Crippen LogP contribution < -0.4 is 5.32 Å². The van der Waals surface area contributed by atoms with Crippen LogP contribution in [0.25, 0.3) is 0 Å². The Bertz CT molecular complexity index is 713. The van der Waals surface area contributed by atoms with Crippen LogP contribution in [0.4, 0.5) is 10.5 Å². The van der Waals surface area contributed by atoms with E-state index in [9.17, 15) is 14.4 Å². The van der Waals surface area contributed by atoms with Gasteiger partial charge in [0, 0.05) is 51.6 Å². The fourth-order valence-electron chi connectivity index (χ4n) is 3.67. The number of ether oxygens (including phenoxy) is 1. The third-order valence-electron chi connectivity index (χ3n) is 5.40. The average molecular weight is 388 g/mol. The number of hydrogen-bond donors (Lipinski definition) is 1. The summed E-state index contributed by atoms with van der Waals surface area (Å²) in [4.78, 5) is 42.2. The van der Waals surface area contributed by atoms with Gasteiger partial charge >= 0.3 is 17.8 Å². The highest BCUT2D eigenvalue weighted by Gasteiger charge is 2.37. The van der Waals surface area contributed by atoms with Gasteiger partial charge in [0.25, 0.3) is 0 Å². The number of nitrogens with one attached hydrogen (secondary N) is 1. The Balaban J connectivity index is 1.49. The topological polar surface area (TPSA) is 82.2 Å². The highest BCUT2D eigenvalue weighted by Crippen LogP contribution is 2.20. The van der Waals surface area contributed by atoms with Crippen LogP contribution in [0.15, 0.2) is 24.3 Å². The molecule has 8 nitrogen and oxygen atoms in total. The van der Waals surface area contributed by atoms with Crippen molar-refractivity contribution in [3.8, 4) is 0 Å². The van der Waals surface area contributed by atoms with Gasteiger partial charge in [-0.3, -0.25) is 9.59 Å². The summed E-state index contributed by atoms with van der Waals surface area (Å²) in [5, 5.41) is 2.91. The number of hydrogen-bond acceptors (Lipinski definition) is 4. The Labute approximate surface area is 165 Å². The van der Waals surface area contributed by atoms with Crippen LogP contribution in [0.2, 0.25) is 0 Å². The molecule has 0 saturated carbocycles. The number of amides is 4. The van der Waals surface area contributed by atoms with Crippen molar-refractivity contribution in [1.82, 2.24) is 14.7 Å². The van der Waals surface area contributed by atoms with E-state index in [1.165, 1.54) is 0 Å². The number of methoxy groups -OCH3 is 1. The molecule has 0 bridgehead atoms. The molecular formula is C20H28N4O4. The molecule has 8 heteroatoms. The fourth-order valence-corrected chi connectivity index (χ4v) is 3.67. The van der Waals surface area contributed by atoms with E-state index in [1.54, 1.807) is 21.8 Å². The SMILES string of the molecule is COCCN1CCN(C2CCN(C(=O)Nc3ccc(C)cc3)CC2)C(=O)C1=O. The lowest BCUT2D eigenvalue weighted by molar-refractivity contribution is -0.158. The molecule has 0 aliphatic carbocycles. The number of likely N-dealkylation sites (tertiary alicyclic amines) is 1. The van der Waals surface area contributed by atoms with Crippen LogP contribution in [0.5, 0.6) is 0 Å². The van der Waals surface area contributed by atoms with E-state index in [-0.39, 0.29) is 12.1 Å². The average Bonchev–Trinajstić information content (AvgIpc) is 2.71. The lowest BCUT2D eigenvalue weighted by Gasteiger charge is -2.42. The number of urea groups is 1. The summed E-state index contributed by atoms with van der Waals surface area (Å²) in [6.07, 6.45) is 1.36. The predicted octanol–water partition coefficient (Wildman–Crippen LogP) is 1.31. The Morgan fingerprint density at radius 1 is 1.07 bits per heavy atom. The van der Waals surface area contributed by atoms with Crippen molar-refractivity contribution in [2.45, 2.75) is 25.8 Å². The maximum atomic E-state index is 12.5. The normalized spacial score (nSPS) is 18.6. The zero-order chi connectivity index (χ0) is 20.1. The van der Waals surface area contributed by atoms with E-state index in [1.807, 2.05) is 31.2 Å². The summed E-state index contributed by atoms with van der Waals surface area (Å²) >= 11 is 0. The van der Waals surface area contributed by atoms with Gasteiger partial charge in [0.15, 0.2) is 0 Å². The smallest absolute Gasteiger partial charge is 0.321 e. The number of carbonyl (C=O) groups excluding carboxylic acids is 3. The van der Waals surface area contributed by atoms with Gasteiger partial charge in [-0.2, -0.15) is 0 Å². The van der Waals surface area contributed by atoms with Gasteiger partial charge in [0.05, 0.1) is 6.61 Å². The first-order chi connectivity index (χ1) is 13.5. The minimum Gasteiger partial charge on any atom is -0.383 e. The first-order valence-corrected chi connectivity index (χ1v) is 9.71. The molecule has 1 aromatic carbocycles. The molecule has 4 amide bonds. The third-order valence-corrected chi connectivity index (χ3v) is 5.40. The van der Waals surface area contributed by atoms with E-state index >= 15 is 0 Å². The van der Waals surface area contributed by atoms with E-state index in [2.05, 4.69) is 5.32 Å². The molecule has 2 saturated heterocycles. The highest BCUT2D eigenvalue weighted by molar-refractivity contribution is 6.35. The van der Waals surface area contributed by atoms with Crippen molar-refractivity contribution in [1.29, 1.82) is 0 Å². The molecule has 2 fully saturated rings. The van der Waals surface area contributed by atoms with Crippen LogP contribution in [-0.2, 0) is 14.3 Å². The van der Waals surface area contributed by atoms with Crippen LogP contribution in [0.3, 0.4) is 0 Å². The maximum Gasteiger partial charge on any atom is 0.321 e. The number of anilines is 1. The quantitative estimate of drug-likeness (QED) is 0.771. The molecule has 1 N–H and O–H groups in total. The summed E-state index contributed by atoms with van der Waals surface area (Å²) in [6.45, 7) is 5.05. The molecule has 28 heavy (non-hydrogen) atoms. The molecule has 3 rings (SSSR count). The molecule has 0 spiro atoms. The highest BCUT2D eigenvalue weighted by atomic mass is 16.5. The maximum absolute atomic E-state index is 12.5. The number of aryl methyl sites for hydroxylation is 1. The lowest BCUT2D eigenvalue weighted by Crippen LogP contribution is -2.59. The van der Waals surface area contributed by atoms with Gasteiger partial charge in [-0.25, -0.2) is 4.79 Å². The summed E-state index contributed by atoms with van der Waals surface area (Å²) in [5.74, 6) is -0.896. The largest absolute Gasteiger partial charge is 0.383 e. The molecule has 0 atom stereocenters. The van der Waals surface area contributed by atoms with Gasteiger partial charge in [0.2, 0.25) is 0 Å². The standard InChI is InChI=1S/C20H28N4O4/c1-15-3-5-16(6-4-15)21-20(27)23-9-7-17(8-10-23)24-12-11-22(13-14-28-2)18(25)19(24)26/h3-6,17H,7-14H2,1-2H3,(H,21,27). The second kappa shape index (κ2) is 9.05. The number of piperidine rings is 1. The van der Waals surface area contributed by atoms with Crippen LogP contribution >= 0.6 is 0 Å². The molecular weight excluding hydrogens is 360 g/mol. The van der Waals surface area contributed by atoms with Crippen molar-refractivity contribution in [2.24, 2.45) is 0 Å². The summed E-state index contributed by atoms with van der Waals surface area (Å²) in [5.41, 5.74) is 1.91. The van der Waals surface area contributed by atoms with E-state index in [4.69, 9.17) is 4.74 Å². The van der Waals surface area contributed by atoms with Crippen molar-refractivity contribution < 1.29 is 19.1 Å². The van der Waals surface area contributed by atoms with Gasteiger partial charge in [0.1, 0.15) is 0 Å². The monoisotopic (exact) mass is 388 g/mol. The van der Waals surface area contributed by atoms with Gasteiger partial charge < -0.3 is 24.8 Å². The fraction of sp³-hybridized carbons (Fsp3) is 0.550. The molecule has 2 aliphatic rings. The number of carbonyl (C=O) groups is 3. The van der Waals surface area contributed by atoms with Crippen LogP contribution in [0, 0.1) is 6.92 Å². The molecule has 2 aliphatic heterocycles. The minimum atomic E-state index is -0.456. The zero-order valence-electron chi connectivity index (χ0n) is 16.5. The summed E-state index contributed by atoms with van der Waals surface area (Å²) in [6, 6.07) is 7.55. The number of rotatable bonds is 5. The van der Waals surface area contributed by atoms with Crippen LogP contribution in [0.1, 0.15) is 18.4 Å². The van der Waals surface area contributed by atoms with Gasteiger partial charge in [-0.1, -0.05) is 17.7 Å². The van der Waals surface area contributed by atoms with Crippen molar-refractivity contribution in [3.05, 3.63) is 29.8 Å². The third kappa shape index (κ3) is 4.62. The van der Waals surface area contributed by atoms with E-state index in [0.717, 1.165) is 11.3 Å². The Kier molecular flexibility index (Phi) is 6.51. The molecule has 0 aromatic heterocycles. The Hall–Kier alpha value is -2.61.